The summed E-state index contributed by atoms with van der Waals surface area (Å²) in [6.45, 7) is 5.93. The maximum Gasteiger partial charge on any atom is 0.311 e. The highest BCUT2D eigenvalue weighted by atomic mass is 16.6. The Morgan fingerprint density at radius 1 is 1.07 bits per heavy atom. The fraction of sp³-hybridized carbons (Fsp3) is 0.300. The zero-order valence-electron chi connectivity index (χ0n) is 16.0. The van der Waals surface area contributed by atoms with E-state index in [4.69, 9.17) is 4.74 Å². The van der Waals surface area contributed by atoms with Gasteiger partial charge in [-0.05, 0) is 49.2 Å². The second-order valence-corrected chi connectivity index (χ2v) is 6.55. The van der Waals surface area contributed by atoms with Crippen LogP contribution in [0.15, 0.2) is 42.5 Å². The summed E-state index contributed by atoms with van der Waals surface area (Å²) in [7, 11) is 0. The van der Waals surface area contributed by atoms with E-state index in [9.17, 15) is 19.7 Å². The second kappa shape index (κ2) is 9.50. The van der Waals surface area contributed by atoms with Gasteiger partial charge in [-0.25, -0.2) is 0 Å². The van der Waals surface area contributed by atoms with E-state index in [0.29, 0.717) is 17.8 Å². The van der Waals surface area contributed by atoms with Gasteiger partial charge in [-0.3, -0.25) is 19.7 Å². The summed E-state index contributed by atoms with van der Waals surface area (Å²) < 4.78 is 5.21. The number of carbonyl (C=O) groups is 2. The first-order valence-corrected chi connectivity index (χ1v) is 8.92. The monoisotopic (exact) mass is 385 g/mol. The van der Waals surface area contributed by atoms with Gasteiger partial charge in [0.15, 0.2) is 5.75 Å². The molecule has 2 amide bonds. The highest BCUT2D eigenvalue weighted by molar-refractivity contribution is 6.05. The fourth-order valence-corrected chi connectivity index (χ4v) is 2.50. The summed E-state index contributed by atoms with van der Waals surface area (Å²) in [5.41, 5.74) is 1.01. The highest BCUT2D eigenvalue weighted by Crippen LogP contribution is 2.28. The van der Waals surface area contributed by atoms with Crippen molar-refractivity contribution in [2.24, 2.45) is 5.92 Å². The molecule has 0 atom stereocenters. The molecule has 0 spiro atoms. The lowest BCUT2D eigenvalue weighted by atomic mass is 10.1. The molecule has 0 unspecified atom stereocenters. The van der Waals surface area contributed by atoms with Gasteiger partial charge in [0, 0.05) is 29.4 Å². The van der Waals surface area contributed by atoms with Crippen molar-refractivity contribution >= 4 is 28.9 Å². The van der Waals surface area contributed by atoms with Gasteiger partial charge < -0.3 is 15.4 Å². The minimum Gasteiger partial charge on any atom is -0.487 e. The molecule has 0 aliphatic heterocycles. The molecule has 28 heavy (non-hydrogen) atoms. The van der Waals surface area contributed by atoms with Gasteiger partial charge in [-0.2, -0.15) is 0 Å². The molecule has 2 aromatic carbocycles. The molecule has 8 nitrogen and oxygen atoms in total. The lowest BCUT2D eigenvalue weighted by Crippen LogP contribution is -2.14. The van der Waals surface area contributed by atoms with Crippen molar-refractivity contribution in [2.45, 2.75) is 27.2 Å². The van der Waals surface area contributed by atoms with Gasteiger partial charge in [0.25, 0.3) is 5.91 Å². The molecule has 0 aliphatic carbocycles. The van der Waals surface area contributed by atoms with Crippen LogP contribution in [0, 0.1) is 16.0 Å². The molecule has 0 saturated carbocycles. The van der Waals surface area contributed by atoms with Crippen LogP contribution in [0.4, 0.5) is 17.1 Å². The van der Waals surface area contributed by atoms with E-state index in [1.807, 2.05) is 13.8 Å². The van der Waals surface area contributed by atoms with E-state index >= 15 is 0 Å². The van der Waals surface area contributed by atoms with Crippen molar-refractivity contribution in [2.75, 3.05) is 17.2 Å². The van der Waals surface area contributed by atoms with E-state index in [2.05, 4.69) is 10.6 Å². The van der Waals surface area contributed by atoms with Crippen LogP contribution in [0.5, 0.6) is 5.75 Å². The Labute approximate surface area is 163 Å². The number of nitrogens with zero attached hydrogens (tertiary/aromatic N) is 1. The summed E-state index contributed by atoms with van der Waals surface area (Å²) in [4.78, 5) is 34.8. The van der Waals surface area contributed by atoms with Crippen molar-refractivity contribution in [3.8, 4) is 5.75 Å². The topological polar surface area (TPSA) is 111 Å². The normalized spacial score (nSPS) is 10.4. The predicted octanol–water partition coefficient (Wildman–Crippen LogP) is 4.23. The third-order valence-corrected chi connectivity index (χ3v) is 3.74. The molecule has 0 aliphatic rings. The van der Waals surface area contributed by atoms with Crippen molar-refractivity contribution in [3.63, 3.8) is 0 Å². The Kier molecular flexibility index (Phi) is 7.08. The van der Waals surface area contributed by atoms with Gasteiger partial charge in [-0.1, -0.05) is 13.8 Å². The molecule has 0 aromatic heterocycles. The third-order valence-electron chi connectivity index (χ3n) is 3.74. The Morgan fingerprint density at radius 3 is 2.21 bits per heavy atom. The number of anilines is 2. The Bertz CT molecular complexity index is 863. The molecule has 0 bridgehead atoms. The standard InChI is InChI=1S/C20H23N3O5/c1-4-28-18-10-5-14(12-17(18)23(26)27)20(25)22-16-8-6-15(7-9-16)21-19(24)11-13(2)3/h5-10,12-13H,4,11H2,1-3H3,(H,21,24)(H,22,25). The number of amides is 2. The zero-order valence-corrected chi connectivity index (χ0v) is 16.0. The maximum atomic E-state index is 12.4. The van der Waals surface area contributed by atoms with Gasteiger partial charge in [0.2, 0.25) is 5.91 Å². The summed E-state index contributed by atoms with van der Waals surface area (Å²) in [5, 5.41) is 16.6. The summed E-state index contributed by atoms with van der Waals surface area (Å²) >= 11 is 0. The van der Waals surface area contributed by atoms with Crippen LogP contribution in [0.2, 0.25) is 0 Å². The van der Waals surface area contributed by atoms with E-state index in [-0.39, 0.29) is 35.4 Å². The number of nitrogens with one attached hydrogen (secondary N) is 2. The molecule has 0 fully saturated rings. The lowest BCUT2D eigenvalue weighted by Gasteiger charge is -2.10. The zero-order chi connectivity index (χ0) is 20.7. The number of ether oxygens (including phenoxy) is 1. The van der Waals surface area contributed by atoms with Crippen LogP contribution in [0.1, 0.15) is 37.6 Å². The molecule has 148 valence electrons. The minimum atomic E-state index is -0.587. The number of benzene rings is 2. The lowest BCUT2D eigenvalue weighted by molar-refractivity contribution is -0.385. The fourth-order valence-electron chi connectivity index (χ4n) is 2.50. The van der Waals surface area contributed by atoms with Crippen molar-refractivity contribution < 1.29 is 19.2 Å². The van der Waals surface area contributed by atoms with Crippen LogP contribution < -0.4 is 15.4 Å². The number of hydrogen-bond acceptors (Lipinski definition) is 5. The number of carbonyl (C=O) groups excluding carboxylic acids is 2. The van der Waals surface area contributed by atoms with Crippen LogP contribution in [-0.4, -0.2) is 23.3 Å². The number of rotatable bonds is 8. The minimum absolute atomic E-state index is 0.0755. The quantitative estimate of drug-likeness (QED) is 0.522. The van der Waals surface area contributed by atoms with E-state index in [1.54, 1.807) is 31.2 Å². The van der Waals surface area contributed by atoms with E-state index < -0.39 is 10.8 Å². The summed E-state index contributed by atoms with van der Waals surface area (Å²) in [6.07, 6.45) is 0.426. The largest absolute Gasteiger partial charge is 0.487 e. The average molecular weight is 385 g/mol. The number of nitro benzene ring substituents is 1. The summed E-state index contributed by atoms with van der Waals surface area (Å²) in [5.74, 6) is -0.182. The van der Waals surface area contributed by atoms with E-state index in [0.717, 1.165) is 0 Å². The van der Waals surface area contributed by atoms with Crippen LogP contribution in [-0.2, 0) is 4.79 Å². The SMILES string of the molecule is CCOc1ccc(C(=O)Nc2ccc(NC(=O)CC(C)C)cc2)cc1[N+](=O)[O-]. The molecule has 2 rings (SSSR count). The molecule has 0 saturated heterocycles. The Hall–Kier alpha value is -3.42. The van der Waals surface area contributed by atoms with Gasteiger partial charge >= 0.3 is 5.69 Å². The molecule has 8 heteroatoms. The highest BCUT2D eigenvalue weighted by Gasteiger charge is 2.18. The Morgan fingerprint density at radius 2 is 1.68 bits per heavy atom. The second-order valence-electron chi connectivity index (χ2n) is 6.55. The molecular weight excluding hydrogens is 362 g/mol. The first-order chi connectivity index (χ1) is 13.3. The predicted molar refractivity (Wildman–Crippen MR) is 107 cm³/mol. The van der Waals surface area contributed by atoms with Crippen LogP contribution >= 0.6 is 0 Å². The number of nitro groups is 1. The first-order valence-electron chi connectivity index (χ1n) is 8.92. The maximum absolute atomic E-state index is 12.4. The van der Waals surface area contributed by atoms with E-state index in [1.165, 1.54) is 18.2 Å². The van der Waals surface area contributed by atoms with Crippen LogP contribution in [0.3, 0.4) is 0 Å². The van der Waals surface area contributed by atoms with Crippen molar-refractivity contribution in [1.82, 2.24) is 0 Å². The Balaban J connectivity index is 2.07. The van der Waals surface area contributed by atoms with Gasteiger partial charge in [0.1, 0.15) is 0 Å². The average Bonchev–Trinajstić information content (AvgIpc) is 2.63. The third kappa shape index (κ3) is 5.80. The number of hydrogen-bond donors (Lipinski definition) is 2. The molecular formula is C20H23N3O5. The molecule has 2 aromatic rings. The van der Waals surface area contributed by atoms with Crippen molar-refractivity contribution in [3.05, 3.63) is 58.1 Å². The smallest absolute Gasteiger partial charge is 0.311 e. The van der Waals surface area contributed by atoms with Crippen LogP contribution in [0.25, 0.3) is 0 Å². The first kappa shape index (κ1) is 20.9. The van der Waals surface area contributed by atoms with Gasteiger partial charge in [0.05, 0.1) is 11.5 Å². The molecule has 0 radical (unpaired) electrons. The molecule has 0 heterocycles. The van der Waals surface area contributed by atoms with Gasteiger partial charge in [-0.15, -0.1) is 0 Å². The summed E-state index contributed by atoms with van der Waals surface area (Å²) in [6, 6.07) is 10.7. The van der Waals surface area contributed by atoms with Crippen molar-refractivity contribution in [1.29, 1.82) is 0 Å². The molecule has 2 N–H and O–H groups in total.